The molecule has 3 N–H and O–H groups in total. The summed E-state index contributed by atoms with van der Waals surface area (Å²) in [6.45, 7) is 12.3. The second-order valence-corrected chi connectivity index (χ2v) is 7.04. The molecule has 1 unspecified atom stereocenters. The van der Waals surface area contributed by atoms with Crippen molar-refractivity contribution in [2.45, 2.75) is 46.6 Å². The number of urea groups is 1. The van der Waals surface area contributed by atoms with Crippen LogP contribution in [0, 0.1) is 11.3 Å². The molecule has 1 heterocycles. The van der Waals surface area contributed by atoms with Crippen LogP contribution in [-0.2, 0) is 0 Å². The third kappa shape index (κ3) is 6.57. The fraction of sp³-hybridized carbons (Fsp3) is 0.933. The first-order valence-electron chi connectivity index (χ1n) is 7.71. The largest absolute Gasteiger partial charge is 0.391 e. The number of amides is 2. The first-order chi connectivity index (χ1) is 9.29. The van der Waals surface area contributed by atoms with Gasteiger partial charge in [0.15, 0.2) is 0 Å². The highest BCUT2D eigenvalue weighted by atomic mass is 16.3. The molecule has 1 atom stereocenters. The lowest BCUT2D eigenvalue weighted by atomic mass is 9.89. The molecule has 1 aliphatic rings. The minimum absolute atomic E-state index is 0.196. The van der Waals surface area contributed by atoms with Gasteiger partial charge in [0.1, 0.15) is 0 Å². The number of hydrogen-bond acceptors (Lipinski definition) is 3. The van der Waals surface area contributed by atoms with Crippen molar-refractivity contribution < 1.29 is 9.90 Å². The highest BCUT2D eigenvalue weighted by Crippen LogP contribution is 2.18. The van der Waals surface area contributed by atoms with Gasteiger partial charge in [0.2, 0.25) is 0 Å². The van der Waals surface area contributed by atoms with Crippen LogP contribution in [0.25, 0.3) is 0 Å². The zero-order valence-electron chi connectivity index (χ0n) is 13.4. The molecule has 0 spiro atoms. The summed E-state index contributed by atoms with van der Waals surface area (Å²) in [5.74, 6) is 0.835. The Balaban J connectivity index is 2.08. The lowest BCUT2D eigenvalue weighted by Gasteiger charge is -2.30. The number of nitrogens with one attached hydrogen (secondary N) is 2. The average molecular weight is 285 g/mol. The highest BCUT2D eigenvalue weighted by molar-refractivity contribution is 5.73. The molecule has 2 amide bonds. The van der Waals surface area contributed by atoms with E-state index in [1.807, 2.05) is 20.8 Å². The Morgan fingerprint density at radius 1 is 1.30 bits per heavy atom. The van der Waals surface area contributed by atoms with Crippen molar-refractivity contribution >= 4 is 6.03 Å². The van der Waals surface area contributed by atoms with Crippen molar-refractivity contribution in [2.75, 3.05) is 32.7 Å². The monoisotopic (exact) mass is 285 g/mol. The molecular formula is C15H31N3O2. The van der Waals surface area contributed by atoms with Gasteiger partial charge in [0.25, 0.3) is 0 Å². The minimum Gasteiger partial charge on any atom is -0.391 e. The lowest BCUT2D eigenvalue weighted by molar-refractivity contribution is 0.0649. The summed E-state index contributed by atoms with van der Waals surface area (Å²) < 4.78 is 0. The Bertz CT molecular complexity index is 294. The maximum atomic E-state index is 11.6. The molecule has 1 saturated heterocycles. The van der Waals surface area contributed by atoms with E-state index in [0.717, 1.165) is 25.6 Å². The van der Waals surface area contributed by atoms with Crippen molar-refractivity contribution in [1.29, 1.82) is 0 Å². The van der Waals surface area contributed by atoms with E-state index in [9.17, 15) is 9.90 Å². The summed E-state index contributed by atoms with van der Waals surface area (Å²) in [4.78, 5) is 14.0. The van der Waals surface area contributed by atoms with Gasteiger partial charge in [-0.25, -0.2) is 4.79 Å². The van der Waals surface area contributed by atoms with E-state index in [2.05, 4.69) is 22.5 Å². The van der Waals surface area contributed by atoms with E-state index in [1.165, 1.54) is 12.8 Å². The fourth-order valence-electron chi connectivity index (χ4n) is 2.17. The van der Waals surface area contributed by atoms with Gasteiger partial charge >= 0.3 is 6.03 Å². The third-order valence-corrected chi connectivity index (χ3v) is 4.05. The van der Waals surface area contributed by atoms with E-state index in [0.29, 0.717) is 6.54 Å². The Morgan fingerprint density at radius 3 is 2.45 bits per heavy atom. The number of aliphatic hydroxyl groups excluding tert-OH is 1. The van der Waals surface area contributed by atoms with Crippen LogP contribution in [0.5, 0.6) is 0 Å². The van der Waals surface area contributed by atoms with Gasteiger partial charge in [0.05, 0.1) is 6.10 Å². The molecule has 20 heavy (non-hydrogen) atoms. The SMILES string of the molecule is CC1CCN(CCNC(=O)NCC(O)C(C)(C)C)CC1. The van der Waals surface area contributed by atoms with E-state index in [4.69, 9.17) is 0 Å². The Kier molecular flexibility index (Phi) is 6.76. The zero-order chi connectivity index (χ0) is 15.2. The average Bonchev–Trinajstić information content (AvgIpc) is 2.37. The van der Waals surface area contributed by atoms with Crippen LogP contribution < -0.4 is 10.6 Å². The summed E-state index contributed by atoms with van der Waals surface area (Å²) >= 11 is 0. The predicted molar refractivity (Wildman–Crippen MR) is 81.7 cm³/mol. The first kappa shape index (κ1) is 17.2. The number of rotatable bonds is 5. The van der Waals surface area contributed by atoms with Crippen molar-refractivity contribution in [2.24, 2.45) is 11.3 Å². The zero-order valence-corrected chi connectivity index (χ0v) is 13.4. The number of likely N-dealkylation sites (tertiary alicyclic amines) is 1. The molecule has 0 aliphatic carbocycles. The number of nitrogens with zero attached hydrogens (tertiary/aromatic N) is 1. The summed E-state index contributed by atoms with van der Waals surface area (Å²) in [6.07, 6.45) is 1.98. The molecule has 1 fully saturated rings. The van der Waals surface area contributed by atoms with Gasteiger partial charge in [-0.3, -0.25) is 0 Å². The molecule has 0 bridgehead atoms. The number of piperidine rings is 1. The molecule has 1 rings (SSSR count). The van der Waals surface area contributed by atoms with Crippen LogP contribution in [0.15, 0.2) is 0 Å². The maximum Gasteiger partial charge on any atom is 0.314 e. The molecule has 5 nitrogen and oxygen atoms in total. The lowest BCUT2D eigenvalue weighted by Crippen LogP contribution is -2.46. The predicted octanol–water partition coefficient (Wildman–Crippen LogP) is 1.42. The van der Waals surface area contributed by atoms with Crippen LogP contribution in [0.3, 0.4) is 0 Å². The van der Waals surface area contributed by atoms with E-state index >= 15 is 0 Å². The van der Waals surface area contributed by atoms with Crippen molar-refractivity contribution in [3.8, 4) is 0 Å². The Morgan fingerprint density at radius 2 is 1.90 bits per heavy atom. The van der Waals surface area contributed by atoms with Crippen LogP contribution in [0.4, 0.5) is 4.79 Å². The smallest absolute Gasteiger partial charge is 0.314 e. The molecule has 0 radical (unpaired) electrons. The molecular weight excluding hydrogens is 254 g/mol. The second kappa shape index (κ2) is 7.84. The van der Waals surface area contributed by atoms with Gasteiger partial charge in [-0.1, -0.05) is 27.7 Å². The molecule has 0 saturated carbocycles. The van der Waals surface area contributed by atoms with Gasteiger partial charge in [-0.2, -0.15) is 0 Å². The molecule has 0 aromatic carbocycles. The van der Waals surface area contributed by atoms with Crippen molar-refractivity contribution in [3.05, 3.63) is 0 Å². The van der Waals surface area contributed by atoms with Crippen LogP contribution >= 0.6 is 0 Å². The molecule has 1 aliphatic heterocycles. The summed E-state index contributed by atoms with van der Waals surface area (Å²) in [7, 11) is 0. The van der Waals surface area contributed by atoms with Gasteiger partial charge in [0, 0.05) is 19.6 Å². The molecule has 5 heteroatoms. The van der Waals surface area contributed by atoms with Gasteiger partial charge < -0.3 is 20.6 Å². The van der Waals surface area contributed by atoms with Crippen LogP contribution in [0.1, 0.15) is 40.5 Å². The van der Waals surface area contributed by atoms with Crippen molar-refractivity contribution in [3.63, 3.8) is 0 Å². The van der Waals surface area contributed by atoms with Gasteiger partial charge in [-0.05, 0) is 37.3 Å². The number of hydrogen-bond donors (Lipinski definition) is 3. The maximum absolute atomic E-state index is 11.6. The summed E-state index contributed by atoms with van der Waals surface area (Å²) in [5.41, 5.74) is -0.211. The van der Waals surface area contributed by atoms with Crippen LogP contribution in [0.2, 0.25) is 0 Å². The third-order valence-electron chi connectivity index (χ3n) is 4.05. The normalized spacial score (nSPS) is 19.6. The van der Waals surface area contributed by atoms with E-state index < -0.39 is 6.10 Å². The first-order valence-corrected chi connectivity index (χ1v) is 7.71. The molecule has 118 valence electrons. The Hall–Kier alpha value is -0.810. The standard InChI is InChI=1S/C15H31N3O2/c1-12-5-8-18(9-6-12)10-7-16-14(20)17-11-13(19)15(2,3)4/h12-13,19H,5-11H2,1-4H3,(H2,16,17,20). The molecule has 0 aromatic heterocycles. The topological polar surface area (TPSA) is 64.6 Å². The van der Waals surface area contributed by atoms with E-state index in [1.54, 1.807) is 0 Å². The number of carbonyl (C=O) groups is 1. The minimum atomic E-state index is -0.531. The fourth-order valence-corrected chi connectivity index (χ4v) is 2.17. The van der Waals surface area contributed by atoms with Gasteiger partial charge in [-0.15, -0.1) is 0 Å². The van der Waals surface area contributed by atoms with Crippen molar-refractivity contribution in [1.82, 2.24) is 15.5 Å². The number of carbonyl (C=O) groups excluding carboxylic acids is 1. The quantitative estimate of drug-likeness (QED) is 0.716. The summed E-state index contributed by atoms with van der Waals surface area (Å²) in [5, 5.41) is 15.4. The number of aliphatic hydroxyl groups is 1. The molecule has 0 aromatic rings. The highest BCUT2D eigenvalue weighted by Gasteiger charge is 2.22. The van der Waals surface area contributed by atoms with Crippen LogP contribution in [-0.4, -0.2) is 54.9 Å². The second-order valence-electron chi connectivity index (χ2n) is 7.04. The Labute approximate surface area is 123 Å². The summed E-state index contributed by atoms with van der Waals surface area (Å²) in [6, 6.07) is -0.196. The van der Waals surface area contributed by atoms with E-state index in [-0.39, 0.29) is 18.0 Å².